The van der Waals surface area contributed by atoms with E-state index in [9.17, 15) is 10.1 Å². The molecule has 1 aromatic rings. The quantitative estimate of drug-likeness (QED) is 0.663. The summed E-state index contributed by atoms with van der Waals surface area (Å²) in [4.78, 5) is 14.3. The van der Waals surface area contributed by atoms with E-state index in [1.807, 2.05) is 12.1 Å². The molecule has 0 bridgehead atoms. The van der Waals surface area contributed by atoms with E-state index in [0.29, 0.717) is 12.3 Å². The van der Waals surface area contributed by atoms with Crippen molar-refractivity contribution in [3.05, 3.63) is 23.5 Å². The summed E-state index contributed by atoms with van der Waals surface area (Å²) in [7, 11) is 0. The number of carbonyl (C=O) groups is 1. The van der Waals surface area contributed by atoms with E-state index in [4.69, 9.17) is 9.15 Å². The first kappa shape index (κ1) is 16.6. The molecule has 1 amide bonds. The van der Waals surface area contributed by atoms with Crippen LogP contribution in [0.15, 0.2) is 22.1 Å². The third kappa shape index (κ3) is 4.18. The van der Waals surface area contributed by atoms with Crippen molar-refractivity contribution < 1.29 is 13.9 Å². The number of amides is 1. The van der Waals surface area contributed by atoms with Crippen LogP contribution in [0.4, 0.5) is 5.88 Å². The Morgan fingerprint density at radius 3 is 2.88 bits per heavy atom. The summed E-state index contributed by atoms with van der Waals surface area (Å²) in [6, 6.07) is 5.65. The lowest BCUT2D eigenvalue weighted by atomic mass is 10.1. The highest BCUT2D eigenvalue weighted by Gasteiger charge is 2.18. The topological polar surface area (TPSA) is 78.5 Å². The molecule has 1 unspecified atom stereocenters. The summed E-state index contributed by atoms with van der Waals surface area (Å²) in [5.41, 5.74) is 0.0486. The van der Waals surface area contributed by atoms with Crippen LogP contribution in [0.3, 0.4) is 0 Å². The number of piperidine rings is 1. The van der Waals surface area contributed by atoms with Crippen molar-refractivity contribution in [2.75, 3.05) is 31.1 Å². The van der Waals surface area contributed by atoms with Crippen LogP contribution in [0.2, 0.25) is 0 Å². The second kappa shape index (κ2) is 8.02. The maximum Gasteiger partial charge on any atom is 0.262 e. The number of nitrogens with one attached hydrogen (secondary N) is 1. The van der Waals surface area contributed by atoms with Gasteiger partial charge in [0.05, 0.1) is 6.10 Å². The lowest BCUT2D eigenvalue weighted by Crippen LogP contribution is -2.32. The first-order chi connectivity index (χ1) is 11.8. The average Bonchev–Trinajstić information content (AvgIpc) is 3.30. The van der Waals surface area contributed by atoms with Gasteiger partial charge in [-0.1, -0.05) is 0 Å². The zero-order chi connectivity index (χ0) is 16.8. The third-order valence-corrected chi connectivity index (χ3v) is 4.45. The molecule has 2 aliphatic rings. The van der Waals surface area contributed by atoms with E-state index in [0.717, 1.165) is 38.4 Å². The lowest BCUT2D eigenvalue weighted by molar-refractivity contribution is -0.117. The number of nitriles is 1. The Bertz CT molecular complexity index is 632. The Labute approximate surface area is 142 Å². The van der Waals surface area contributed by atoms with Gasteiger partial charge in [-0.15, -0.1) is 0 Å². The van der Waals surface area contributed by atoms with Crippen LogP contribution in [-0.4, -0.2) is 38.3 Å². The van der Waals surface area contributed by atoms with E-state index in [-0.39, 0.29) is 17.6 Å². The van der Waals surface area contributed by atoms with E-state index >= 15 is 0 Å². The molecule has 1 atom stereocenters. The van der Waals surface area contributed by atoms with Crippen LogP contribution < -0.4 is 10.2 Å². The number of ether oxygens (including phenoxy) is 1. The first-order valence-electron chi connectivity index (χ1n) is 8.62. The molecule has 6 nitrogen and oxygen atoms in total. The summed E-state index contributed by atoms with van der Waals surface area (Å²) < 4.78 is 11.2. The fourth-order valence-electron chi connectivity index (χ4n) is 3.10. The Balaban J connectivity index is 1.60. The van der Waals surface area contributed by atoms with Gasteiger partial charge in [0.2, 0.25) is 0 Å². The van der Waals surface area contributed by atoms with Gasteiger partial charge in [0.15, 0.2) is 5.88 Å². The van der Waals surface area contributed by atoms with Gasteiger partial charge in [-0.25, -0.2) is 0 Å². The molecule has 0 aliphatic carbocycles. The molecule has 3 heterocycles. The Hall–Kier alpha value is -2.26. The maximum absolute atomic E-state index is 12.1. The molecule has 3 rings (SSSR count). The van der Waals surface area contributed by atoms with Crippen LogP contribution in [0, 0.1) is 11.3 Å². The van der Waals surface area contributed by atoms with Crippen molar-refractivity contribution in [3.63, 3.8) is 0 Å². The van der Waals surface area contributed by atoms with Gasteiger partial charge in [-0.2, -0.15) is 5.26 Å². The van der Waals surface area contributed by atoms with Crippen molar-refractivity contribution in [1.82, 2.24) is 5.32 Å². The van der Waals surface area contributed by atoms with Crippen LogP contribution >= 0.6 is 0 Å². The summed E-state index contributed by atoms with van der Waals surface area (Å²) >= 11 is 0. The number of hydrogen-bond donors (Lipinski definition) is 1. The SMILES string of the molecule is N#C/C(=C/c1ccc(N2CCCCC2)o1)C(=O)NCC1CCCO1. The molecule has 0 spiro atoms. The number of anilines is 1. The van der Waals surface area contributed by atoms with Gasteiger partial charge in [-0.05, 0) is 38.2 Å². The second-order valence-electron chi connectivity index (χ2n) is 6.24. The highest BCUT2D eigenvalue weighted by molar-refractivity contribution is 6.01. The fraction of sp³-hybridized carbons (Fsp3) is 0.556. The Kier molecular flexibility index (Phi) is 5.55. The smallest absolute Gasteiger partial charge is 0.262 e. The minimum absolute atomic E-state index is 0.0486. The van der Waals surface area contributed by atoms with Crippen molar-refractivity contribution in [3.8, 4) is 6.07 Å². The van der Waals surface area contributed by atoms with Gasteiger partial charge < -0.3 is 19.4 Å². The highest BCUT2D eigenvalue weighted by Crippen LogP contribution is 2.23. The predicted octanol–water partition coefficient (Wildman–Crippen LogP) is 2.47. The van der Waals surface area contributed by atoms with E-state index in [1.165, 1.54) is 25.3 Å². The van der Waals surface area contributed by atoms with Crippen LogP contribution in [0.1, 0.15) is 37.9 Å². The molecule has 0 aromatic carbocycles. The number of furan rings is 1. The monoisotopic (exact) mass is 329 g/mol. The molecule has 0 radical (unpaired) electrons. The second-order valence-corrected chi connectivity index (χ2v) is 6.24. The molecule has 2 fully saturated rings. The number of hydrogen-bond acceptors (Lipinski definition) is 5. The minimum atomic E-state index is -0.385. The standard InChI is InChI=1S/C18H23N3O3/c19-12-14(18(22)20-13-16-5-4-10-23-16)11-15-6-7-17(24-15)21-8-2-1-3-9-21/h6-7,11,16H,1-5,8-10,13H2,(H,20,22)/b14-11-. The summed E-state index contributed by atoms with van der Waals surface area (Å²) in [5, 5.41) is 12.0. The largest absolute Gasteiger partial charge is 0.441 e. The van der Waals surface area contributed by atoms with Crippen LogP contribution in [-0.2, 0) is 9.53 Å². The van der Waals surface area contributed by atoms with Crippen molar-refractivity contribution in [2.24, 2.45) is 0 Å². The normalized spacial score (nSPS) is 21.5. The molecule has 1 N–H and O–H groups in total. The summed E-state index contributed by atoms with van der Waals surface area (Å²) in [6.07, 6.45) is 7.12. The zero-order valence-electron chi connectivity index (χ0n) is 13.8. The van der Waals surface area contributed by atoms with E-state index < -0.39 is 0 Å². The van der Waals surface area contributed by atoms with Gasteiger partial charge in [0.25, 0.3) is 5.91 Å². The predicted molar refractivity (Wildman–Crippen MR) is 90.3 cm³/mol. The Morgan fingerprint density at radius 1 is 1.33 bits per heavy atom. The number of rotatable bonds is 5. The van der Waals surface area contributed by atoms with Gasteiger partial charge in [0.1, 0.15) is 17.4 Å². The molecule has 1 aromatic heterocycles. The van der Waals surface area contributed by atoms with Crippen molar-refractivity contribution in [1.29, 1.82) is 5.26 Å². The summed E-state index contributed by atoms with van der Waals surface area (Å²) in [6.45, 7) is 3.16. The molecule has 0 saturated carbocycles. The maximum atomic E-state index is 12.1. The Morgan fingerprint density at radius 2 is 2.17 bits per heavy atom. The van der Waals surface area contributed by atoms with Crippen LogP contribution in [0.5, 0.6) is 0 Å². The van der Waals surface area contributed by atoms with Crippen molar-refractivity contribution >= 4 is 17.9 Å². The fourth-order valence-corrected chi connectivity index (χ4v) is 3.10. The molecule has 2 saturated heterocycles. The molecule has 2 aliphatic heterocycles. The van der Waals surface area contributed by atoms with Gasteiger partial charge in [-0.3, -0.25) is 4.79 Å². The molecule has 6 heteroatoms. The summed E-state index contributed by atoms with van der Waals surface area (Å²) in [5.74, 6) is 0.946. The molecular weight excluding hydrogens is 306 g/mol. The zero-order valence-corrected chi connectivity index (χ0v) is 13.8. The van der Waals surface area contributed by atoms with E-state index in [1.54, 1.807) is 6.07 Å². The van der Waals surface area contributed by atoms with E-state index in [2.05, 4.69) is 10.2 Å². The van der Waals surface area contributed by atoms with Gasteiger partial charge in [0, 0.05) is 38.4 Å². The molecular formula is C18H23N3O3. The first-order valence-corrected chi connectivity index (χ1v) is 8.62. The van der Waals surface area contributed by atoms with Gasteiger partial charge >= 0.3 is 0 Å². The number of nitrogens with zero attached hydrogens (tertiary/aromatic N) is 2. The lowest BCUT2D eigenvalue weighted by Gasteiger charge is -2.25. The number of carbonyl (C=O) groups excluding carboxylic acids is 1. The minimum Gasteiger partial charge on any atom is -0.441 e. The third-order valence-electron chi connectivity index (χ3n) is 4.45. The molecule has 128 valence electrons. The van der Waals surface area contributed by atoms with Crippen molar-refractivity contribution in [2.45, 2.75) is 38.2 Å². The highest BCUT2D eigenvalue weighted by atomic mass is 16.5. The molecule has 24 heavy (non-hydrogen) atoms. The van der Waals surface area contributed by atoms with Crippen LogP contribution in [0.25, 0.3) is 6.08 Å². The average molecular weight is 329 g/mol.